The smallest absolute Gasteiger partial charge is 0.0783 e. The third-order valence-electron chi connectivity index (χ3n) is 4.39. The van der Waals surface area contributed by atoms with Gasteiger partial charge in [-0.1, -0.05) is 6.92 Å². The topological polar surface area (TPSA) is 21.3 Å². The van der Waals surface area contributed by atoms with E-state index >= 15 is 0 Å². The van der Waals surface area contributed by atoms with Crippen LogP contribution in [0.4, 0.5) is 0 Å². The first-order chi connectivity index (χ1) is 9.72. The van der Waals surface area contributed by atoms with Gasteiger partial charge in [0.15, 0.2) is 0 Å². The molecule has 2 aliphatic heterocycles. The molecule has 1 N–H and O–H groups in total. The Morgan fingerprint density at radius 3 is 3.10 bits per heavy atom. The number of thioether (sulfide) groups is 1. The summed E-state index contributed by atoms with van der Waals surface area (Å²) in [7, 11) is 0. The molecule has 112 valence electrons. The van der Waals surface area contributed by atoms with Crippen molar-refractivity contribution in [1.82, 2.24) is 5.32 Å². The summed E-state index contributed by atoms with van der Waals surface area (Å²) in [5.74, 6) is 3.16. The van der Waals surface area contributed by atoms with Crippen LogP contribution in [0.25, 0.3) is 0 Å². The molecule has 0 saturated carbocycles. The van der Waals surface area contributed by atoms with E-state index in [-0.39, 0.29) is 5.60 Å². The van der Waals surface area contributed by atoms with Crippen LogP contribution in [0.5, 0.6) is 0 Å². The maximum atomic E-state index is 6.17. The zero-order valence-corrected chi connectivity index (χ0v) is 15.1. The summed E-state index contributed by atoms with van der Waals surface area (Å²) in [6, 6.07) is 4.93. The van der Waals surface area contributed by atoms with Gasteiger partial charge in [-0.15, -0.1) is 11.3 Å². The van der Waals surface area contributed by atoms with E-state index in [2.05, 4.69) is 52.1 Å². The molecule has 2 saturated heterocycles. The summed E-state index contributed by atoms with van der Waals surface area (Å²) in [6.45, 7) is 4.16. The Labute approximate surface area is 138 Å². The maximum Gasteiger partial charge on any atom is 0.0783 e. The highest BCUT2D eigenvalue weighted by Crippen LogP contribution is 2.45. The lowest BCUT2D eigenvalue weighted by Gasteiger charge is -2.41. The molecule has 3 atom stereocenters. The van der Waals surface area contributed by atoms with E-state index in [0.717, 1.165) is 13.2 Å². The van der Waals surface area contributed by atoms with Crippen LogP contribution in [0, 0.1) is 5.92 Å². The Bertz CT molecular complexity index is 445. The fourth-order valence-electron chi connectivity index (χ4n) is 3.43. The Kier molecular flexibility index (Phi) is 5.14. The average Bonchev–Trinajstić information content (AvgIpc) is 3.06. The minimum Gasteiger partial charge on any atom is -0.374 e. The highest BCUT2D eigenvalue weighted by Gasteiger charge is 2.42. The lowest BCUT2D eigenvalue weighted by molar-refractivity contribution is -0.0851. The third-order valence-corrected chi connectivity index (χ3v) is 7.32. The van der Waals surface area contributed by atoms with Gasteiger partial charge in [0.1, 0.15) is 0 Å². The molecule has 2 aliphatic rings. The highest BCUT2D eigenvalue weighted by atomic mass is 79.9. The van der Waals surface area contributed by atoms with Crippen LogP contribution in [0.1, 0.15) is 37.1 Å². The predicted octanol–water partition coefficient (Wildman–Crippen LogP) is 4.46. The maximum absolute atomic E-state index is 6.17. The number of halogens is 1. The first kappa shape index (κ1) is 15.3. The van der Waals surface area contributed by atoms with Crippen molar-refractivity contribution >= 4 is 39.0 Å². The fourth-order valence-corrected chi connectivity index (χ4v) is 6.40. The van der Waals surface area contributed by atoms with Crippen molar-refractivity contribution in [3.8, 4) is 0 Å². The van der Waals surface area contributed by atoms with E-state index in [1.165, 1.54) is 39.4 Å². The molecule has 2 fully saturated rings. The van der Waals surface area contributed by atoms with Crippen molar-refractivity contribution in [1.29, 1.82) is 0 Å². The van der Waals surface area contributed by atoms with Gasteiger partial charge in [-0.2, -0.15) is 11.8 Å². The van der Waals surface area contributed by atoms with Gasteiger partial charge < -0.3 is 10.1 Å². The van der Waals surface area contributed by atoms with Crippen LogP contribution < -0.4 is 5.32 Å². The van der Waals surface area contributed by atoms with E-state index in [0.29, 0.717) is 12.0 Å². The monoisotopic (exact) mass is 375 g/mol. The number of nitrogens with one attached hydrogen (secondary N) is 1. The number of rotatable bonds is 4. The quantitative estimate of drug-likeness (QED) is 0.838. The molecule has 0 amide bonds. The van der Waals surface area contributed by atoms with Gasteiger partial charge in [0.2, 0.25) is 0 Å². The summed E-state index contributed by atoms with van der Waals surface area (Å²) < 4.78 is 7.40. The molecule has 1 aromatic heterocycles. The van der Waals surface area contributed by atoms with E-state index < -0.39 is 0 Å². The zero-order chi connectivity index (χ0) is 14.0. The largest absolute Gasteiger partial charge is 0.374 e. The molecule has 3 rings (SSSR count). The van der Waals surface area contributed by atoms with Gasteiger partial charge in [-0.3, -0.25) is 0 Å². The number of thiophene rings is 1. The van der Waals surface area contributed by atoms with Crippen molar-refractivity contribution < 1.29 is 4.74 Å². The molecule has 3 unspecified atom stereocenters. The van der Waals surface area contributed by atoms with Crippen LogP contribution in [-0.4, -0.2) is 30.3 Å². The third kappa shape index (κ3) is 3.27. The van der Waals surface area contributed by atoms with Crippen molar-refractivity contribution in [3.05, 3.63) is 20.8 Å². The standard InChI is InChI=1S/C15H22BrNOS2/c1-2-17-14(12-3-4-13(16)20-12)11-5-7-18-15(9-11)6-8-19-10-15/h3-4,11,14,17H,2,5-10H2,1H3. The summed E-state index contributed by atoms with van der Waals surface area (Å²) in [6.07, 6.45) is 3.63. The van der Waals surface area contributed by atoms with E-state index in [9.17, 15) is 0 Å². The van der Waals surface area contributed by atoms with E-state index in [1.807, 2.05) is 11.3 Å². The second-order valence-corrected chi connectivity index (χ2v) is 9.36. The lowest BCUT2D eigenvalue weighted by Crippen LogP contribution is -2.43. The van der Waals surface area contributed by atoms with Crippen LogP contribution in [-0.2, 0) is 4.74 Å². The Morgan fingerprint density at radius 1 is 1.55 bits per heavy atom. The summed E-state index contributed by atoms with van der Waals surface area (Å²) in [5.41, 5.74) is 0.176. The summed E-state index contributed by atoms with van der Waals surface area (Å²) in [5, 5.41) is 3.72. The Balaban J connectivity index is 1.76. The lowest BCUT2D eigenvalue weighted by atomic mass is 9.80. The van der Waals surface area contributed by atoms with Crippen molar-refractivity contribution in [2.75, 3.05) is 24.7 Å². The first-order valence-corrected chi connectivity index (χ1v) is 10.2. The van der Waals surface area contributed by atoms with Crippen molar-refractivity contribution in [3.63, 3.8) is 0 Å². The Morgan fingerprint density at radius 2 is 2.45 bits per heavy atom. The zero-order valence-electron chi connectivity index (χ0n) is 11.9. The minimum atomic E-state index is 0.176. The van der Waals surface area contributed by atoms with Crippen LogP contribution in [0.3, 0.4) is 0 Å². The highest BCUT2D eigenvalue weighted by molar-refractivity contribution is 9.11. The van der Waals surface area contributed by atoms with Gasteiger partial charge in [-0.25, -0.2) is 0 Å². The molecule has 3 heterocycles. The molecule has 20 heavy (non-hydrogen) atoms. The molecule has 1 spiro atoms. The van der Waals surface area contributed by atoms with E-state index in [4.69, 9.17) is 4.74 Å². The van der Waals surface area contributed by atoms with Gasteiger partial charge in [0.05, 0.1) is 9.39 Å². The van der Waals surface area contributed by atoms with Crippen LogP contribution >= 0.6 is 39.0 Å². The van der Waals surface area contributed by atoms with Crippen molar-refractivity contribution in [2.45, 2.75) is 37.8 Å². The number of hydrogen-bond acceptors (Lipinski definition) is 4. The summed E-state index contributed by atoms with van der Waals surface area (Å²) >= 11 is 7.52. The first-order valence-electron chi connectivity index (χ1n) is 7.43. The predicted molar refractivity (Wildman–Crippen MR) is 91.8 cm³/mol. The number of ether oxygens (including phenoxy) is 1. The molecule has 2 nitrogen and oxygen atoms in total. The van der Waals surface area contributed by atoms with Gasteiger partial charge in [0, 0.05) is 23.3 Å². The molecule has 5 heteroatoms. The van der Waals surface area contributed by atoms with Crippen molar-refractivity contribution in [2.24, 2.45) is 5.92 Å². The van der Waals surface area contributed by atoms with Crippen LogP contribution in [0.2, 0.25) is 0 Å². The average molecular weight is 376 g/mol. The fraction of sp³-hybridized carbons (Fsp3) is 0.733. The number of hydrogen-bond donors (Lipinski definition) is 1. The molecular weight excluding hydrogens is 354 g/mol. The molecule has 0 aromatic carbocycles. The summed E-state index contributed by atoms with van der Waals surface area (Å²) in [4.78, 5) is 1.46. The van der Waals surface area contributed by atoms with E-state index in [1.54, 1.807) is 0 Å². The van der Waals surface area contributed by atoms with Gasteiger partial charge in [-0.05, 0) is 65.5 Å². The van der Waals surface area contributed by atoms with Gasteiger partial charge in [0.25, 0.3) is 0 Å². The second kappa shape index (κ2) is 6.69. The molecule has 0 aliphatic carbocycles. The normalized spacial score (nSPS) is 31.8. The molecule has 1 aromatic rings. The SMILES string of the molecule is CCNC(c1ccc(Br)s1)C1CCOC2(CCSC2)C1. The Hall–Kier alpha value is 0.450. The second-order valence-electron chi connectivity index (χ2n) is 5.76. The molecular formula is C15H22BrNOS2. The molecule has 0 radical (unpaired) electrons. The minimum absolute atomic E-state index is 0.176. The van der Waals surface area contributed by atoms with Crippen LogP contribution in [0.15, 0.2) is 15.9 Å². The molecule has 0 bridgehead atoms. The van der Waals surface area contributed by atoms with Gasteiger partial charge >= 0.3 is 0 Å².